The lowest BCUT2D eigenvalue weighted by Gasteiger charge is -2.21. The summed E-state index contributed by atoms with van der Waals surface area (Å²) in [6.07, 6.45) is 2.46. The second kappa shape index (κ2) is 7.14. The van der Waals surface area contributed by atoms with Crippen molar-refractivity contribution in [3.05, 3.63) is 29.8 Å². The molecule has 1 aliphatic heterocycles. The summed E-state index contributed by atoms with van der Waals surface area (Å²) < 4.78 is 10.5. The molecule has 1 aromatic rings. The van der Waals surface area contributed by atoms with Crippen LogP contribution in [-0.2, 0) is 16.0 Å². The van der Waals surface area contributed by atoms with Crippen LogP contribution in [0.2, 0.25) is 0 Å². The van der Waals surface area contributed by atoms with Gasteiger partial charge in [0.2, 0.25) is 5.91 Å². The minimum atomic E-state index is 0.117. The molecule has 4 nitrogen and oxygen atoms in total. The molecule has 0 saturated carbocycles. The van der Waals surface area contributed by atoms with Gasteiger partial charge in [-0.15, -0.1) is 0 Å². The third kappa shape index (κ3) is 3.96. The first-order chi connectivity index (χ1) is 9.31. The van der Waals surface area contributed by atoms with Gasteiger partial charge in [0, 0.05) is 25.7 Å². The minimum Gasteiger partial charge on any atom is -0.496 e. The molecule has 2 rings (SSSR count). The third-order valence-electron chi connectivity index (χ3n) is 3.48. The van der Waals surface area contributed by atoms with Crippen molar-refractivity contribution < 1.29 is 14.3 Å². The molecule has 1 heterocycles. The van der Waals surface area contributed by atoms with Crippen LogP contribution >= 0.6 is 0 Å². The lowest BCUT2D eigenvalue weighted by atomic mass is 9.99. The molecule has 0 bridgehead atoms. The average molecular weight is 263 g/mol. The zero-order chi connectivity index (χ0) is 13.5. The number of hydrogen-bond donors (Lipinski definition) is 1. The van der Waals surface area contributed by atoms with E-state index >= 15 is 0 Å². The Hall–Kier alpha value is -1.55. The zero-order valence-corrected chi connectivity index (χ0v) is 11.4. The van der Waals surface area contributed by atoms with E-state index in [9.17, 15) is 4.79 Å². The zero-order valence-electron chi connectivity index (χ0n) is 11.4. The summed E-state index contributed by atoms with van der Waals surface area (Å²) in [4.78, 5) is 11.9. The number of methoxy groups -OCH3 is 1. The predicted octanol–water partition coefficient (Wildman–Crippen LogP) is 1.78. The highest BCUT2D eigenvalue weighted by molar-refractivity contribution is 5.78. The largest absolute Gasteiger partial charge is 0.496 e. The van der Waals surface area contributed by atoms with Crippen molar-refractivity contribution in [2.75, 3.05) is 26.9 Å². The number of hydrogen-bond acceptors (Lipinski definition) is 3. The van der Waals surface area contributed by atoms with Gasteiger partial charge < -0.3 is 14.8 Å². The van der Waals surface area contributed by atoms with E-state index in [4.69, 9.17) is 9.47 Å². The second-order valence-corrected chi connectivity index (χ2v) is 4.74. The number of nitrogens with one attached hydrogen (secondary N) is 1. The highest BCUT2D eigenvalue weighted by Gasteiger charge is 2.20. The van der Waals surface area contributed by atoms with E-state index in [1.165, 1.54) is 0 Å². The van der Waals surface area contributed by atoms with Gasteiger partial charge in [-0.25, -0.2) is 0 Å². The number of rotatable bonds is 5. The number of ether oxygens (including phenoxy) is 2. The molecule has 0 unspecified atom stereocenters. The summed E-state index contributed by atoms with van der Waals surface area (Å²) in [6, 6.07) is 7.90. The van der Waals surface area contributed by atoms with Gasteiger partial charge in [-0.1, -0.05) is 18.2 Å². The van der Waals surface area contributed by atoms with E-state index in [2.05, 4.69) is 5.32 Å². The Morgan fingerprint density at radius 2 is 2.11 bits per heavy atom. The summed E-state index contributed by atoms with van der Waals surface area (Å²) in [5, 5.41) is 3.00. The van der Waals surface area contributed by atoms with Crippen LogP contribution in [0.4, 0.5) is 0 Å². The van der Waals surface area contributed by atoms with Crippen molar-refractivity contribution in [2.24, 2.45) is 5.92 Å². The van der Waals surface area contributed by atoms with E-state index in [1.807, 2.05) is 24.3 Å². The SMILES string of the molecule is COc1ccccc1CCNC(=O)C1CCOCC1. The fourth-order valence-electron chi connectivity index (χ4n) is 2.33. The standard InChI is InChI=1S/C15H21NO3/c1-18-14-5-3-2-4-12(14)6-9-16-15(17)13-7-10-19-11-8-13/h2-5,13H,6-11H2,1H3,(H,16,17). The molecule has 0 radical (unpaired) electrons. The Bertz CT molecular complexity index is 414. The summed E-state index contributed by atoms with van der Waals surface area (Å²) in [5.41, 5.74) is 1.12. The van der Waals surface area contributed by atoms with Gasteiger partial charge in [-0.2, -0.15) is 0 Å². The Balaban J connectivity index is 1.78. The topological polar surface area (TPSA) is 47.6 Å². The van der Waals surface area contributed by atoms with Crippen LogP contribution in [0.15, 0.2) is 24.3 Å². The molecule has 1 amide bonds. The maximum absolute atomic E-state index is 11.9. The fourth-order valence-corrected chi connectivity index (χ4v) is 2.33. The van der Waals surface area contributed by atoms with Gasteiger partial charge in [-0.05, 0) is 30.9 Å². The predicted molar refractivity (Wildman–Crippen MR) is 73.3 cm³/mol. The Morgan fingerprint density at radius 1 is 1.37 bits per heavy atom. The first-order valence-corrected chi connectivity index (χ1v) is 6.78. The number of benzene rings is 1. The number of carbonyl (C=O) groups is 1. The smallest absolute Gasteiger partial charge is 0.223 e. The van der Waals surface area contributed by atoms with Crippen molar-refractivity contribution in [1.29, 1.82) is 0 Å². The summed E-state index contributed by atoms with van der Waals surface area (Å²) in [7, 11) is 1.67. The minimum absolute atomic E-state index is 0.117. The molecule has 4 heteroatoms. The molecule has 1 aromatic carbocycles. The third-order valence-corrected chi connectivity index (χ3v) is 3.48. The molecule has 104 valence electrons. The van der Waals surface area contributed by atoms with E-state index in [1.54, 1.807) is 7.11 Å². The maximum atomic E-state index is 11.9. The van der Waals surface area contributed by atoms with Crippen LogP contribution in [0.25, 0.3) is 0 Å². The van der Waals surface area contributed by atoms with Crippen LogP contribution in [0, 0.1) is 5.92 Å². The lowest BCUT2D eigenvalue weighted by Crippen LogP contribution is -2.35. The van der Waals surface area contributed by atoms with Crippen molar-refractivity contribution in [3.63, 3.8) is 0 Å². The molecular weight excluding hydrogens is 242 g/mol. The van der Waals surface area contributed by atoms with E-state index in [-0.39, 0.29) is 11.8 Å². The Kier molecular flexibility index (Phi) is 5.21. The molecular formula is C15H21NO3. The molecule has 0 atom stereocenters. The van der Waals surface area contributed by atoms with E-state index < -0.39 is 0 Å². The van der Waals surface area contributed by atoms with Crippen LogP contribution < -0.4 is 10.1 Å². The van der Waals surface area contributed by atoms with Crippen molar-refractivity contribution in [1.82, 2.24) is 5.32 Å². The van der Waals surface area contributed by atoms with Crippen molar-refractivity contribution in [2.45, 2.75) is 19.3 Å². The lowest BCUT2D eigenvalue weighted by molar-refractivity contribution is -0.127. The summed E-state index contributed by atoms with van der Waals surface area (Å²) in [5.74, 6) is 1.15. The van der Waals surface area contributed by atoms with Crippen LogP contribution in [-0.4, -0.2) is 32.8 Å². The number of para-hydroxylation sites is 1. The Labute approximate surface area is 114 Å². The van der Waals surface area contributed by atoms with Gasteiger partial charge in [0.25, 0.3) is 0 Å². The van der Waals surface area contributed by atoms with E-state index in [0.717, 1.165) is 30.6 Å². The molecule has 1 saturated heterocycles. The van der Waals surface area contributed by atoms with Gasteiger partial charge >= 0.3 is 0 Å². The molecule has 1 fully saturated rings. The van der Waals surface area contributed by atoms with Gasteiger partial charge in [0.1, 0.15) is 5.75 Å². The fraction of sp³-hybridized carbons (Fsp3) is 0.533. The summed E-state index contributed by atoms with van der Waals surface area (Å²) >= 11 is 0. The highest BCUT2D eigenvalue weighted by atomic mass is 16.5. The van der Waals surface area contributed by atoms with Gasteiger partial charge in [0.15, 0.2) is 0 Å². The first-order valence-electron chi connectivity index (χ1n) is 6.78. The van der Waals surface area contributed by atoms with Gasteiger partial charge in [-0.3, -0.25) is 4.79 Å². The normalized spacial score (nSPS) is 16.1. The highest BCUT2D eigenvalue weighted by Crippen LogP contribution is 2.18. The number of carbonyl (C=O) groups excluding carboxylic acids is 1. The quantitative estimate of drug-likeness (QED) is 0.881. The van der Waals surface area contributed by atoms with Crippen LogP contribution in [0.5, 0.6) is 5.75 Å². The molecule has 0 aromatic heterocycles. The molecule has 19 heavy (non-hydrogen) atoms. The molecule has 1 aliphatic rings. The molecule has 0 spiro atoms. The maximum Gasteiger partial charge on any atom is 0.223 e. The second-order valence-electron chi connectivity index (χ2n) is 4.74. The van der Waals surface area contributed by atoms with Crippen molar-refractivity contribution in [3.8, 4) is 5.75 Å². The van der Waals surface area contributed by atoms with Crippen molar-refractivity contribution >= 4 is 5.91 Å². The monoisotopic (exact) mass is 263 g/mol. The molecule has 0 aliphatic carbocycles. The first kappa shape index (κ1) is 13.9. The van der Waals surface area contributed by atoms with E-state index in [0.29, 0.717) is 19.8 Å². The van der Waals surface area contributed by atoms with Gasteiger partial charge in [0.05, 0.1) is 7.11 Å². The Morgan fingerprint density at radius 3 is 2.84 bits per heavy atom. The average Bonchev–Trinajstić information content (AvgIpc) is 2.48. The van der Waals surface area contributed by atoms with Crippen LogP contribution in [0.3, 0.4) is 0 Å². The van der Waals surface area contributed by atoms with Crippen LogP contribution in [0.1, 0.15) is 18.4 Å². The number of amides is 1. The summed E-state index contributed by atoms with van der Waals surface area (Å²) in [6.45, 7) is 2.05. The molecule has 1 N–H and O–H groups in total.